The fourth-order valence-electron chi connectivity index (χ4n) is 2.78. The number of nitrogens with one attached hydrogen (secondary N) is 1. The number of benzene rings is 1. The monoisotopic (exact) mass is 238 g/mol. The normalized spacial score (nSPS) is 23.4. The van der Waals surface area contributed by atoms with Crippen LogP contribution in [0.4, 0.5) is 5.69 Å². The Morgan fingerprint density at radius 1 is 1.22 bits per heavy atom. The van der Waals surface area contributed by atoms with E-state index in [0.29, 0.717) is 18.1 Å². The summed E-state index contributed by atoms with van der Waals surface area (Å²) in [5, 5.41) is 2.91. The quantitative estimate of drug-likeness (QED) is 0.760. The van der Waals surface area contributed by atoms with Crippen molar-refractivity contribution in [3.63, 3.8) is 0 Å². The Balaban J connectivity index is 2.04. The Morgan fingerprint density at radius 3 is 3.06 bits per heavy atom. The van der Waals surface area contributed by atoms with E-state index in [2.05, 4.69) is 10.3 Å². The molecule has 0 fully saturated rings. The van der Waals surface area contributed by atoms with E-state index in [-0.39, 0.29) is 5.91 Å². The number of anilines is 1. The number of pyridine rings is 1. The van der Waals surface area contributed by atoms with Gasteiger partial charge in [0.15, 0.2) is 5.41 Å². The number of aromatic nitrogens is 1. The molecule has 88 valence electrons. The van der Waals surface area contributed by atoms with Gasteiger partial charge in [-0.25, -0.2) is 0 Å². The highest BCUT2D eigenvalue weighted by molar-refractivity contribution is 6.09. The molecule has 1 N–H and O–H groups in total. The number of carbonyl (C=O) groups excluding carboxylic acids is 1. The first-order chi connectivity index (χ1) is 8.82. The van der Waals surface area contributed by atoms with Gasteiger partial charge >= 0.3 is 0 Å². The minimum absolute atomic E-state index is 0.0545. The molecular formula is C14H10N2O2. The summed E-state index contributed by atoms with van der Waals surface area (Å²) < 4.78 is 5.64. The molecule has 0 aliphatic carbocycles. The number of rotatable bonds is 0. The number of ether oxygens (including phenoxy) is 1. The average Bonchev–Trinajstić information content (AvgIpc) is 2.92. The van der Waals surface area contributed by atoms with E-state index in [1.54, 1.807) is 6.20 Å². The summed E-state index contributed by atoms with van der Waals surface area (Å²) in [7, 11) is 0. The number of para-hydroxylation sites is 1. The van der Waals surface area contributed by atoms with Gasteiger partial charge < -0.3 is 10.1 Å². The van der Waals surface area contributed by atoms with Crippen molar-refractivity contribution in [2.24, 2.45) is 0 Å². The molecule has 1 amide bonds. The van der Waals surface area contributed by atoms with Crippen molar-refractivity contribution < 1.29 is 9.53 Å². The average molecular weight is 238 g/mol. The highest BCUT2D eigenvalue weighted by Crippen LogP contribution is 2.48. The van der Waals surface area contributed by atoms with Gasteiger partial charge in [0.2, 0.25) is 5.91 Å². The fourth-order valence-corrected chi connectivity index (χ4v) is 2.78. The van der Waals surface area contributed by atoms with Crippen LogP contribution in [0.15, 0.2) is 42.6 Å². The first-order valence-corrected chi connectivity index (χ1v) is 5.81. The van der Waals surface area contributed by atoms with Crippen molar-refractivity contribution in [1.82, 2.24) is 4.98 Å². The van der Waals surface area contributed by atoms with Crippen molar-refractivity contribution in [3.8, 4) is 5.75 Å². The van der Waals surface area contributed by atoms with Crippen molar-refractivity contribution in [2.75, 3.05) is 11.9 Å². The molecule has 1 spiro atoms. The molecule has 4 rings (SSSR count). The number of nitrogens with zero attached hydrogens (tertiary/aromatic N) is 1. The van der Waals surface area contributed by atoms with Crippen LogP contribution < -0.4 is 10.1 Å². The number of hydrogen-bond donors (Lipinski definition) is 1. The van der Waals surface area contributed by atoms with Gasteiger partial charge in [-0.2, -0.15) is 0 Å². The smallest absolute Gasteiger partial charge is 0.244 e. The van der Waals surface area contributed by atoms with Gasteiger partial charge in [-0.15, -0.1) is 0 Å². The predicted octanol–water partition coefficient (Wildman–Crippen LogP) is 1.71. The van der Waals surface area contributed by atoms with E-state index in [1.807, 2.05) is 36.4 Å². The molecule has 0 radical (unpaired) electrons. The molecule has 0 saturated carbocycles. The summed E-state index contributed by atoms with van der Waals surface area (Å²) in [5.74, 6) is 0.644. The first kappa shape index (κ1) is 9.65. The Kier molecular flexibility index (Phi) is 1.66. The van der Waals surface area contributed by atoms with Crippen LogP contribution in [0.1, 0.15) is 11.3 Å². The highest BCUT2D eigenvalue weighted by Gasteiger charge is 2.54. The molecule has 1 aromatic heterocycles. The van der Waals surface area contributed by atoms with E-state index in [0.717, 1.165) is 11.3 Å². The van der Waals surface area contributed by atoms with Gasteiger partial charge in [-0.05, 0) is 18.2 Å². The minimum Gasteiger partial charge on any atom is -0.490 e. The Labute approximate surface area is 104 Å². The Morgan fingerprint density at radius 2 is 2.11 bits per heavy atom. The fraction of sp³-hybridized carbons (Fsp3) is 0.143. The van der Waals surface area contributed by atoms with Crippen LogP contribution in [0.2, 0.25) is 0 Å². The predicted molar refractivity (Wildman–Crippen MR) is 65.6 cm³/mol. The second kappa shape index (κ2) is 3.10. The van der Waals surface area contributed by atoms with Gasteiger partial charge in [0.25, 0.3) is 0 Å². The summed E-state index contributed by atoms with van der Waals surface area (Å²) >= 11 is 0. The molecule has 1 aromatic carbocycles. The molecule has 4 nitrogen and oxygen atoms in total. The zero-order valence-corrected chi connectivity index (χ0v) is 9.51. The number of amides is 1. The number of fused-ring (bicyclic) bond motifs is 4. The third-order valence-corrected chi connectivity index (χ3v) is 3.64. The second-order valence-electron chi connectivity index (χ2n) is 4.54. The molecular weight excluding hydrogens is 228 g/mol. The van der Waals surface area contributed by atoms with E-state index in [9.17, 15) is 4.79 Å². The van der Waals surface area contributed by atoms with Crippen LogP contribution in [-0.2, 0) is 10.2 Å². The molecule has 2 aliphatic rings. The maximum absolute atomic E-state index is 12.4. The number of carbonyl (C=O) groups is 1. The lowest BCUT2D eigenvalue weighted by molar-refractivity contribution is -0.119. The van der Waals surface area contributed by atoms with Crippen molar-refractivity contribution in [3.05, 3.63) is 53.9 Å². The first-order valence-electron chi connectivity index (χ1n) is 5.81. The summed E-state index contributed by atoms with van der Waals surface area (Å²) in [4.78, 5) is 16.7. The zero-order valence-electron chi connectivity index (χ0n) is 9.51. The van der Waals surface area contributed by atoms with E-state index in [1.165, 1.54) is 0 Å². The summed E-state index contributed by atoms with van der Waals surface area (Å²) in [6.45, 7) is 0.322. The molecule has 18 heavy (non-hydrogen) atoms. The molecule has 3 heterocycles. The molecule has 1 unspecified atom stereocenters. The van der Waals surface area contributed by atoms with Gasteiger partial charge in [0.05, 0.1) is 0 Å². The summed E-state index contributed by atoms with van der Waals surface area (Å²) in [6, 6.07) is 11.4. The van der Waals surface area contributed by atoms with Crippen molar-refractivity contribution in [1.29, 1.82) is 0 Å². The minimum atomic E-state index is -0.771. The van der Waals surface area contributed by atoms with Crippen LogP contribution in [0.25, 0.3) is 0 Å². The van der Waals surface area contributed by atoms with Crippen LogP contribution in [-0.4, -0.2) is 17.5 Å². The maximum atomic E-state index is 12.4. The van der Waals surface area contributed by atoms with Crippen LogP contribution >= 0.6 is 0 Å². The summed E-state index contributed by atoms with van der Waals surface area (Å²) in [5.41, 5.74) is 1.75. The zero-order chi connectivity index (χ0) is 12.2. The van der Waals surface area contributed by atoms with Crippen LogP contribution in [0.3, 0.4) is 0 Å². The maximum Gasteiger partial charge on any atom is 0.244 e. The van der Waals surface area contributed by atoms with Crippen LogP contribution in [0, 0.1) is 0 Å². The molecule has 1 atom stereocenters. The SMILES string of the molecule is O=C1Nc2ccccc2C12COc1cccnc12. The third kappa shape index (κ3) is 0.960. The molecule has 4 heteroatoms. The second-order valence-corrected chi connectivity index (χ2v) is 4.54. The van der Waals surface area contributed by atoms with Crippen LogP contribution in [0.5, 0.6) is 5.75 Å². The molecule has 0 bridgehead atoms. The van der Waals surface area contributed by atoms with E-state index >= 15 is 0 Å². The van der Waals surface area contributed by atoms with Gasteiger partial charge in [-0.1, -0.05) is 18.2 Å². The molecule has 0 saturated heterocycles. The Bertz CT molecular complexity index is 655. The highest BCUT2D eigenvalue weighted by atomic mass is 16.5. The standard InChI is InChI=1S/C14H10N2O2/c17-13-14(9-4-1-2-5-10(9)16-13)8-18-11-6-3-7-15-12(11)14/h1-7H,8H2,(H,16,17). The number of hydrogen-bond acceptors (Lipinski definition) is 3. The van der Waals surface area contributed by atoms with Gasteiger partial charge in [-0.3, -0.25) is 9.78 Å². The van der Waals surface area contributed by atoms with Gasteiger partial charge in [0, 0.05) is 17.4 Å². The lowest BCUT2D eigenvalue weighted by Gasteiger charge is -2.18. The van der Waals surface area contributed by atoms with Crippen molar-refractivity contribution >= 4 is 11.6 Å². The van der Waals surface area contributed by atoms with Crippen molar-refractivity contribution in [2.45, 2.75) is 5.41 Å². The lowest BCUT2D eigenvalue weighted by Crippen LogP contribution is -2.37. The topological polar surface area (TPSA) is 51.2 Å². The van der Waals surface area contributed by atoms with E-state index < -0.39 is 5.41 Å². The third-order valence-electron chi connectivity index (χ3n) is 3.64. The summed E-state index contributed by atoms with van der Waals surface area (Å²) in [6.07, 6.45) is 1.70. The molecule has 2 aromatic rings. The largest absolute Gasteiger partial charge is 0.490 e. The van der Waals surface area contributed by atoms with Gasteiger partial charge in [0.1, 0.15) is 18.1 Å². The lowest BCUT2D eigenvalue weighted by atomic mass is 9.80. The molecule has 2 aliphatic heterocycles. The van der Waals surface area contributed by atoms with E-state index in [4.69, 9.17) is 4.74 Å². The Hall–Kier alpha value is -2.36.